The number of nitrogens with one attached hydrogen (secondary N) is 2. The number of carbonyl (C=O) groups is 2. The van der Waals surface area contributed by atoms with Crippen LogP contribution in [-0.2, 0) is 9.53 Å². The Kier molecular flexibility index (Phi) is 9.15. The van der Waals surface area contributed by atoms with Crippen molar-refractivity contribution in [3.05, 3.63) is 66.0 Å². The van der Waals surface area contributed by atoms with Gasteiger partial charge in [-0.2, -0.15) is 5.10 Å². The van der Waals surface area contributed by atoms with Gasteiger partial charge in [-0.05, 0) is 43.5 Å². The average Bonchev–Trinajstić information content (AvgIpc) is 2.83. The summed E-state index contributed by atoms with van der Waals surface area (Å²) in [6.07, 6.45) is 5.51. The van der Waals surface area contributed by atoms with Crippen molar-refractivity contribution >= 4 is 18.0 Å². The minimum Gasteiger partial charge on any atom is -0.379 e. The van der Waals surface area contributed by atoms with Crippen LogP contribution in [-0.4, -0.2) is 66.8 Å². The Balaban J connectivity index is 1.46. The number of rotatable bonds is 10. The van der Waals surface area contributed by atoms with Crippen LogP contribution in [0.2, 0.25) is 0 Å². The van der Waals surface area contributed by atoms with Gasteiger partial charge in [0, 0.05) is 31.4 Å². The van der Waals surface area contributed by atoms with Crippen molar-refractivity contribution in [3.8, 4) is 0 Å². The van der Waals surface area contributed by atoms with E-state index in [2.05, 4.69) is 25.7 Å². The van der Waals surface area contributed by atoms with Crippen molar-refractivity contribution in [2.45, 2.75) is 25.3 Å². The third-order valence-corrected chi connectivity index (χ3v) is 5.07. The van der Waals surface area contributed by atoms with Crippen molar-refractivity contribution in [2.75, 3.05) is 32.8 Å². The second kappa shape index (κ2) is 12.6. The first-order valence-electron chi connectivity index (χ1n) is 10.6. The smallest absolute Gasteiger partial charge is 0.257 e. The van der Waals surface area contributed by atoms with Crippen LogP contribution in [0.5, 0.6) is 0 Å². The highest BCUT2D eigenvalue weighted by Crippen LogP contribution is 2.12. The maximum absolute atomic E-state index is 12.8. The van der Waals surface area contributed by atoms with E-state index in [9.17, 15) is 9.59 Å². The summed E-state index contributed by atoms with van der Waals surface area (Å²) in [5.41, 5.74) is 3.98. The molecule has 1 fully saturated rings. The lowest BCUT2D eigenvalue weighted by atomic mass is 10.1. The molecule has 164 valence electrons. The molecule has 2 heterocycles. The molecule has 1 aromatic heterocycles. The van der Waals surface area contributed by atoms with Crippen molar-refractivity contribution in [1.82, 2.24) is 20.6 Å². The molecule has 0 aliphatic carbocycles. The second-order valence-electron chi connectivity index (χ2n) is 7.27. The lowest BCUT2D eigenvalue weighted by molar-refractivity contribution is -0.128. The Hall–Kier alpha value is -3.10. The maximum Gasteiger partial charge on any atom is 0.257 e. The van der Waals surface area contributed by atoms with Gasteiger partial charge >= 0.3 is 0 Å². The molecule has 3 rings (SSSR count). The van der Waals surface area contributed by atoms with E-state index in [1.54, 1.807) is 18.3 Å². The topological polar surface area (TPSA) is 95.9 Å². The lowest BCUT2D eigenvalue weighted by Gasteiger charge is -2.33. The molecule has 1 saturated heterocycles. The molecule has 0 bridgehead atoms. The van der Waals surface area contributed by atoms with Gasteiger partial charge in [-0.3, -0.25) is 19.5 Å². The average molecular weight is 424 g/mol. The molecular weight excluding hydrogens is 394 g/mol. The number of amides is 2. The Morgan fingerprint density at radius 3 is 2.61 bits per heavy atom. The largest absolute Gasteiger partial charge is 0.379 e. The van der Waals surface area contributed by atoms with Gasteiger partial charge in [-0.1, -0.05) is 24.3 Å². The molecule has 8 nitrogen and oxygen atoms in total. The van der Waals surface area contributed by atoms with E-state index < -0.39 is 0 Å². The SMILES string of the molecule is O=C(NCCCCC(C(=O)N/N=C/c1ccccn1)N1CCOCC1)c1ccccc1. The fraction of sp³-hybridized carbons (Fsp3) is 0.391. The van der Waals surface area contributed by atoms with Crippen molar-refractivity contribution in [2.24, 2.45) is 5.10 Å². The van der Waals surface area contributed by atoms with E-state index in [0.29, 0.717) is 50.5 Å². The molecule has 1 aliphatic rings. The van der Waals surface area contributed by atoms with E-state index in [0.717, 1.165) is 12.8 Å². The zero-order valence-electron chi connectivity index (χ0n) is 17.6. The van der Waals surface area contributed by atoms with Crippen LogP contribution >= 0.6 is 0 Å². The van der Waals surface area contributed by atoms with Gasteiger partial charge in [-0.15, -0.1) is 0 Å². The molecule has 0 saturated carbocycles. The predicted molar refractivity (Wildman–Crippen MR) is 119 cm³/mol. The molecule has 1 aromatic carbocycles. The van der Waals surface area contributed by atoms with Crippen LogP contribution in [0.25, 0.3) is 0 Å². The molecule has 2 amide bonds. The summed E-state index contributed by atoms with van der Waals surface area (Å²) < 4.78 is 5.42. The van der Waals surface area contributed by atoms with Gasteiger partial charge in [0.1, 0.15) is 0 Å². The highest BCUT2D eigenvalue weighted by Gasteiger charge is 2.26. The van der Waals surface area contributed by atoms with Crippen LogP contribution in [0, 0.1) is 0 Å². The summed E-state index contributed by atoms with van der Waals surface area (Å²) in [6.45, 7) is 3.24. The van der Waals surface area contributed by atoms with Crippen LogP contribution in [0.15, 0.2) is 59.8 Å². The van der Waals surface area contributed by atoms with Crippen molar-refractivity contribution in [3.63, 3.8) is 0 Å². The normalized spacial score (nSPS) is 15.5. The Labute approximate surface area is 182 Å². The van der Waals surface area contributed by atoms with Crippen LogP contribution in [0.4, 0.5) is 0 Å². The molecule has 1 atom stereocenters. The van der Waals surface area contributed by atoms with E-state index >= 15 is 0 Å². The first kappa shape index (κ1) is 22.6. The van der Waals surface area contributed by atoms with Crippen LogP contribution in [0.3, 0.4) is 0 Å². The molecule has 2 aromatic rings. The van der Waals surface area contributed by atoms with E-state index in [4.69, 9.17) is 4.74 Å². The van der Waals surface area contributed by atoms with Gasteiger partial charge in [0.25, 0.3) is 11.8 Å². The minimum atomic E-state index is -0.283. The summed E-state index contributed by atoms with van der Waals surface area (Å²) in [7, 11) is 0. The minimum absolute atomic E-state index is 0.0769. The molecule has 0 spiro atoms. The summed E-state index contributed by atoms with van der Waals surface area (Å²) in [6, 6.07) is 14.4. The lowest BCUT2D eigenvalue weighted by Crippen LogP contribution is -2.50. The van der Waals surface area contributed by atoms with Crippen LogP contribution in [0.1, 0.15) is 35.3 Å². The van der Waals surface area contributed by atoms with Gasteiger partial charge < -0.3 is 10.1 Å². The van der Waals surface area contributed by atoms with Gasteiger partial charge in [0.05, 0.1) is 31.2 Å². The molecule has 31 heavy (non-hydrogen) atoms. The number of aromatic nitrogens is 1. The molecule has 2 N–H and O–H groups in total. The fourth-order valence-electron chi connectivity index (χ4n) is 3.41. The van der Waals surface area contributed by atoms with Crippen molar-refractivity contribution in [1.29, 1.82) is 0 Å². The van der Waals surface area contributed by atoms with Gasteiger partial charge in [0.2, 0.25) is 0 Å². The number of unbranched alkanes of at least 4 members (excludes halogenated alkanes) is 1. The highest BCUT2D eigenvalue weighted by molar-refractivity contribution is 5.94. The molecule has 8 heteroatoms. The zero-order valence-corrected chi connectivity index (χ0v) is 17.6. The summed E-state index contributed by atoms with van der Waals surface area (Å²) in [5.74, 6) is -0.214. The first-order chi connectivity index (χ1) is 15.2. The fourth-order valence-corrected chi connectivity index (χ4v) is 3.41. The van der Waals surface area contributed by atoms with Crippen molar-refractivity contribution < 1.29 is 14.3 Å². The number of hydrazone groups is 1. The summed E-state index contributed by atoms with van der Waals surface area (Å²) in [4.78, 5) is 31.2. The number of carbonyl (C=O) groups excluding carboxylic acids is 2. The predicted octanol–water partition coefficient (Wildman–Crippen LogP) is 1.83. The third kappa shape index (κ3) is 7.58. The monoisotopic (exact) mass is 423 g/mol. The number of pyridine rings is 1. The number of ether oxygens (including phenoxy) is 1. The summed E-state index contributed by atoms with van der Waals surface area (Å²) >= 11 is 0. The molecule has 1 unspecified atom stereocenters. The standard InChI is InChI=1S/C23H29N5O3/c29-22(19-8-2-1-3-9-19)25-13-7-5-11-21(28-14-16-31-17-15-28)23(30)27-26-18-20-10-4-6-12-24-20/h1-4,6,8-10,12,18,21H,5,7,11,13-17H2,(H,25,29)(H,27,30)/b26-18+. The molecule has 1 aliphatic heterocycles. The molecular formula is C23H29N5O3. The number of morpholine rings is 1. The first-order valence-corrected chi connectivity index (χ1v) is 10.6. The van der Waals surface area contributed by atoms with E-state index in [1.807, 2.05) is 36.4 Å². The van der Waals surface area contributed by atoms with Crippen LogP contribution < -0.4 is 10.7 Å². The quantitative estimate of drug-likeness (QED) is 0.345. The van der Waals surface area contributed by atoms with Gasteiger partial charge in [0.15, 0.2) is 0 Å². The number of hydrogen-bond donors (Lipinski definition) is 2. The maximum atomic E-state index is 12.8. The Morgan fingerprint density at radius 2 is 1.87 bits per heavy atom. The Morgan fingerprint density at radius 1 is 1.10 bits per heavy atom. The van der Waals surface area contributed by atoms with E-state index in [-0.39, 0.29) is 17.9 Å². The van der Waals surface area contributed by atoms with Gasteiger partial charge in [-0.25, -0.2) is 5.43 Å². The molecule has 0 radical (unpaired) electrons. The zero-order chi connectivity index (χ0) is 21.7. The highest BCUT2D eigenvalue weighted by atomic mass is 16.5. The van der Waals surface area contributed by atoms with E-state index in [1.165, 1.54) is 6.21 Å². The number of benzene rings is 1. The third-order valence-electron chi connectivity index (χ3n) is 5.07. The second-order valence-corrected chi connectivity index (χ2v) is 7.27. The number of hydrogen-bond acceptors (Lipinski definition) is 6. The summed E-state index contributed by atoms with van der Waals surface area (Å²) in [5, 5.41) is 6.99. The number of nitrogens with zero attached hydrogens (tertiary/aromatic N) is 3. The Bertz CT molecular complexity index is 839.